The summed E-state index contributed by atoms with van der Waals surface area (Å²) in [6.45, 7) is 0. The summed E-state index contributed by atoms with van der Waals surface area (Å²) in [4.78, 5) is 16.0. The fraction of sp³-hybridized carbons (Fsp3) is 0.0370. The van der Waals surface area contributed by atoms with Gasteiger partial charge in [0.05, 0.1) is 11.1 Å². The monoisotopic (exact) mass is 462 g/mol. The molecule has 0 unspecified atom stereocenters. The lowest BCUT2D eigenvalue weighted by Gasteiger charge is -2.16. The zero-order valence-corrected chi connectivity index (χ0v) is 18.7. The third-order valence-corrected chi connectivity index (χ3v) is 6.08. The smallest absolute Gasteiger partial charge is 0.335 e. The molecule has 0 radical (unpaired) electrons. The molecule has 7 heteroatoms. The van der Waals surface area contributed by atoms with Crippen LogP contribution in [0.2, 0.25) is 0 Å². The molecule has 6 nitrogen and oxygen atoms in total. The first-order valence-corrected chi connectivity index (χ1v) is 11.3. The second-order valence-electron chi connectivity index (χ2n) is 7.27. The molecule has 4 rings (SSSR count). The highest BCUT2D eigenvalue weighted by molar-refractivity contribution is 7.98. The third kappa shape index (κ3) is 4.91. The summed E-state index contributed by atoms with van der Waals surface area (Å²) >= 11 is 1.32. The quantitative estimate of drug-likeness (QED) is 0.313. The molecule has 164 valence electrons. The topological polar surface area (TPSA) is 110 Å². The number of hydrogen-bond acceptors (Lipinski definition) is 6. The molecule has 3 aromatic carbocycles. The van der Waals surface area contributed by atoms with E-state index in [-0.39, 0.29) is 11.1 Å². The second kappa shape index (κ2) is 10.4. The van der Waals surface area contributed by atoms with Crippen LogP contribution in [0.1, 0.15) is 27.0 Å². The Bertz CT molecular complexity index is 1430. The van der Waals surface area contributed by atoms with Crippen molar-refractivity contribution >= 4 is 29.2 Å². The Kier molecular flexibility index (Phi) is 6.88. The fourth-order valence-corrected chi connectivity index (χ4v) is 4.40. The molecule has 4 aromatic rings. The molecular weight excluding hydrogens is 444 g/mol. The van der Waals surface area contributed by atoms with Crippen molar-refractivity contribution in [3.05, 3.63) is 107 Å². The standard InChI is InChI=1S/C27H18N4O2S/c28-15-22-24(19-9-3-1-4-10-19)23(16-29)26(31-25(22)30-21-12-5-2-6-13-21)34-17-18-8-7-11-20(14-18)27(32)33/h1-14H,17H2,(H,30,31)(H,32,33). The first kappa shape index (κ1) is 22.6. The van der Waals surface area contributed by atoms with Crippen LogP contribution in [-0.4, -0.2) is 16.1 Å². The lowest BCUT2D eigenvalue weighted by molar-refractivity contribution is 0.0696. The maximum atomic E-state index is 11.3. The van der Waals surface area contributed by atoms with Crippen molar-refractivity contribution in [1.82, 2.24) is 4.98 Å². The summed E-state index contributed by atoms with van der Waals surface area (Å²) in [5.74, 6) is -0.233. The van der Waals surface area contributed by atoms with Crippen LogP contribution in [0.3, 0.4) is 0 Å². The summed E-state index contributed by atoms with van der Waals surface area (Å²) in [5, 5.41) is 33.0. The molecule has 0 spiro atoms. The summed E-state index contributed by atoms with van der Waals surface area (Å²) in [7, 11) is 0. The van der Waals surface area contributed by atoms with Crippen molar-refractivity contribution in [2.24, 2.45) is 0 Å². The fourth-order valence-electron chi connectivity index (χ4n) is 3.47. The number of benzene rings is 3. The van der Waals surface area contributed by atoms with Crippen molar-refractivity contribution < 1.29 is 9.90 Å². The van der Waals surface area contributed by atoms with Gasteiger partial charge in [0.1, 0.15) is 28.5 Å². The maximum absolute atomic E-state index is 11.3. The van der Waals surface area contributed by atoms with Crippen LogP contribution in [-0.2, 0) is 5.75 Å². The summed E-state index contributed by atoms with van der Waals surface area (Å²) in [6, 6.07) is 29.8. The van der Waals surface area contributed by atoms with Crippen molar-refractivity contribution in [3.8, 4) is 23.3 Å². The zero-order chi connectivity index (χ0) is 23.9. The molecule has 34 heavy (non-hydrogen) atoms. The molecule has 0 aliphatic heterocycles. The lowest BCUT2D eigenvalue weighted by atomic mass is 9.97. The predicted octanol–water partition coefficient (Wildman–Crippen LogP) is 6.23. The van der Waals surface area contributed by atoms with E-state index in [0.29, 0.717) is 27.7 Å². The number of pyridine rings is 1. The van der Waals surface area contributed by atoms with E-state index < -0.39 is 5.97 Å². The number of carbonyl (C=O) groups is 1. The molecule has 0 aliphatic carbocycles. The molecule has 1 heterocycles. The molecule has 0 amide bonds. The summed E-state index contributed by atoms with van der Waals surface area (Å²) in [5.41, 5.74) is 3.59. The average molecular weight is 463 g/mol. The van der Waals surface area contributed by atoms with Gasteiger partial charge in [-0.15, -0.1) is 11.8 Å². The Hall–Kier alpha value is -4.59. The lowest BCUT2D eigenvalue weighted by Crippen LogP contribution is -2.04. The molecule has 0 saturated carbocycles. The van der Waals surface area contributed by atoms with Gasteiger partial charge in [-0.2, -0.15) is 10.5 Å². The van der Waals surface area contributed by atoms with E-state index in [1.165, 1.54) is 17.8 Å². The molecular formula is C27H18N4O2S. The highest BCUT2D eigenvalue weighted by atomic mass is 32.2. The number of aromatic nitrogens is 1. The van der Waals surface area contributed by atoms with Gasteiger partial charge in [0.25, 0.3) is 0 Å². The SMILES string of the molecule is N#Cc1c(Nc2ccccc2)nc(SCc2cccc(C(=O)O)c2)c(C#N)c1-c1ccccc1. The number of thioether (sulfide) groups is 1. The number of aromatic carboxylic acids is 1. The van der Waals surface area contributed by atoms with Crippen LogP contribution in [0.25, 0.3) is 11.1 Å². The van der Waals surface area contributed by atoms with E-state index >= 15 is 0 Å². The molecule has 2 N–H and O–H groups in total. The first-order chi connectivity index (χ1) is 16.6. The van der Waals surface area contributed by atoms with Crippen LogP contribution >= 0.6 is 11.8 Å². The van der Waals surface area contributed by atoms with E-state index in [1.54, 1.807) is 12.1 Å². The third-order valence-electron chi connectivity index (χ3n) is 5.04. The number of carboxylic acids is 1. The number of hydrogen-bond donors (Lipinski definition) is 2. The van der Waals surface area contributed by atoms with Gasteiger partial charge in [-0.05, 0) is 35.4 Å². The van der Waals surface area contributed by atoms with Crippen molar-refractivity contribution in [1.29, 1.82) is 10.5 Å². The Morgan fingerprint density at radius 2 is 1.59 bits per heavy atom. The summed E-state index contributed by atoms with van der Waals surface area (Å²) < 4.78 is 0. The second-order valence-corrected chi connectivity index (χ2v) is 8.23. The van der Waals surface area contributed by atoms with Gasteiger partial charge in [0, 0.05) is 17.0 Å². The van der Waals surface area contributed by atoms with E-state index in [9.17, 15) is 20.4 Å². The summed E-state index contributed by atoms with van der Waals surface area (Å²) in [6.07, 6.45) is 0. The number of nitrogens with one attached hydrogen (secondary N) is 1. The molecule has 0 fully saturated rings. The Labute approximate surface area is 201 Å². The van der Waals surface area contributed by atoms with Gasteiger partial charge >= 0.3 is 5.97 Å². The number of carboxylic acid groups (broad SMARTS) is 1. The van der Waals surface area contributed by atoms with E-state index in [1.807, 2.05) is 66.7 Å². The minimum absolute atomic E-state index is 0.197. The minimum Gasteiger partial charge on any atom is -0.478 e. The van der Waals surface area contributed by atoms with Crippen LogP contribution < -0.4 is 5.32 Å². The van der Waals surface area contributed by atoms with E-state index in [0.717, 1.165) is 16.8 Å². The number of nitrogens with zero attached hydrogens (tertiary/aromatic N) is 3. The first-order valence-electron chi connectivity index (χ1n) is 10.3. The highest BCUT2D eigenvalue weighted by Crippen LogP contribution is 2.38. The Balaban J connectivity index is 1.82. The van der Waals surface area contributed by atoms with Crippen LogP contribution in [0.5, 0.6) is 0 Å². The van der Waals surface area contributed by atoms with Gasteiger partial charge in [0.2, 0.25) is 0 Å². The molecule has 0 bridgehead atoms. The van der Waals surface area contributed by atoms with Gasteiger partial charge in [-0.1, -0.05) is 60.7 Å². The highest BCUT2D eigenvalue weighted by Gasteiger charge is 2.22. The van der Waals surface area contributed by atoms with Crippen molar-refractivity contribution in [3.63, 3.8) is 0 Å². The van der Waals surface area contributed by atoms with Gasteiger partial charge < -0.3 is 10.4 Å². The number of anilines is 2. The van der Waals surface area contributed by atoms with Gasteiger partial charge in [0.15, 0.2) is 0 Å². The average Bonchev–Trinajstić information content (AvgIpc) is 2.88. The van der Waals surface area contributed by atoms with Crippen LogP contribution in [0.4, 0.5) is 11.5 Å². The Morgan fingerprint density at radius 1 is 0.912 bits per heavy atom. The molecule has 0 atom stereocenters. The predicted molar refractivity (Wildman–Crippen MR) is 132 cm³/mol. The zero-order valence-electron chi connectivity index (χ0n) is 17.9. The van der Waals surface area contributed by atoms with Gasteiger partial charge in [-0.25, -0.2) is 9.78 Å². The van der Waals surface area contributed by atoms with Crippen molar-refractivity contribution in [2.75, 3.05) is 5.32 Å². The number of rotatable bonds is 7. The van der Waals surface area contributed by atoms with E-state index in [2.05, 4.69) is 22.4 Å². The normalized spacial score (nSPS) is 10.2. The molecule has 0 aliphatic rings. The number of nitriles is 2. The molecule has 1 aromatic heterocycles. The van der Waals surface area contributed by atoms with Crippen LogP contribution in [0.15, 0.2) is 90.0 Å². The maximum Gasteiger partial charge on any atom is 0.335 e. The molecule has 0 saturated heterocycles. The van der Waals surface area contributed by atoms with Crippen LogP contribution in [0, 0.1) is 22.7 Å². The van der Waals surface area contributed by atoms with Gasteiger partial charge in [-0.3, -0.25) is 0 Å². The largest absolute Gasteiger partial charge is 0.478 e. The minimum atomic E-state index is -0.998. The Morgan fingerprint density at radius 3 is 2.24 bits per heavy atom. The van der Waals surface area contributed by atoms with Crippen molar-refractivity contribution in [2.45, 2.75) is 10.8 Å². The number of para-hydroxylation sites is 1. The van der Waals surface area contributed by atoms with E-state index in [4.69, 9.17) is 0 Å².